The summed E-state index contributed by atoms with van der Waals surface area (Å²) in [5, 5.41) is 7.62. The van der Waals surface area contributed by atoms with Gasteiger partial charge in [-0.3, -0.25) is 13.7 Å². The average molecular weight is 1050 g/mol. The van der Waals surface area contributed by atoms with E-state index in [4.69, 9.17) is 9.72 Å². The van der Waals surface area contributed by atoms with E-state index < -0.39 is 8.07 Å². The number of pyridine rings is 1. The van der Waals surface area contributed by atoms with E-state index in [-0.39, 0.29) is 10.8 Å². The maximum absolute atomic E-state index is 7.05. The van der Waals surface area contributed by atoms with Gasteiger partial charge in [-0.15, -0.1) is 0 Å². The number of hydrogen-bond acceptors (Lipinski definition) is 2. The van der Waals surface area contributed by atoms with E-state index in [1.54, 1.807) is 0 Å². The van der Waals surface area contributed by atoms with Gasteiger partial charge in [-0.2, -0.15) is 0 Å². The Hall–Kier alpha value is -9.36. The van der Waals surface area contributed by atoms with Crippen molar-refractivity contribution in [3.8, 4) is 62.1 Å². The van der Waals surface area contributed by atoms with E-state index in [0.29, 0.717) is 0 Å². The van der Waals surface area contributed by atoms with Crippen LogP contribution in [0.2, 0.25) is 0 Å². The molecular formula is C74H60N4OSi. The fourth-order valence-electron chi connectivity index (χ4n) is 12.7. The highest BCUT2D eigenvalue weighted by molar-refractivity contribution is 7.20. The van der Waals surface area contributed by atoms with Crippen molar-refractivity contribution in [2.45, 2.75) is 52.4 Å². The highest BCUT2D eigenvalue weighted by Crippen LogP contribution is 2.45. The minimum Gasteiger partial charge on any atom is -0.458 e. The van der Waals surface area contributed by atoms with Crippen molar-refractivity contribution in [3.63, 3.8) is 0 Å². The zero-order valence-corrected chi connectivity index (χ0v) is 46.9. The fourth-order valence-corrected chi connectivity index (χ4v) is 17.4. The lowest BCUT2D eigenvalue weighted by Gasteiger charge is -2.34. The van der Waals surface area contributed by atoms with Gasteiger partial charge in [0, 0.05) is 23.0 Å². The molecule has 80 heavy (non-hydrogen) atoms. The SMILES string of the molecule is CC(C)(C)c1ccnc(-n2c3ccc([Si](c4ccccc4)(c4ccccc4)c4ccccc4)cc3c3ccc(Oc4cccc(-n5[c-][n+]6c7c(cccc75)-c5ccccc5-c5ccccc5-c5cccc(C(C)(C)C)c5-6)c4)cc32)c1. The summed E-state index contributed by atoms with van der Waals surface area (Å²) in [5.74, 6) is 2.32. The summed E-state index contributed by atoms with van der Waals surface area (Å²) in [5.41, 5.74) is 15.7. The molecule has 0 bridgehead atoms. The molecule has 0 aliphatic carbocycles. The summed E-state index contributed by atoms with van der Waals surface area (Å²) >= 11 is 0. The van der Waals surface area contributed by atoms with Gasteiger partial charge in [0.05, 0.1) is 33.4 Å². The highest BCUT2D eigenvalue weighted by Gasteiger charge is 2.42. The van der Waals surface area contributed by atoms with Gasteiger partial charge in [0.2, 0.25) is 0 Å². The predicted molar refractivity (Wildman–Crippen MR) is 333 cm³/mol. The molecule has 13 aromatic rings. The Morgan fingerprint density at radius 3 is 1.62 bits per heavy atom. The van der Waals surface area contributed by atoms with Crippen molar-refractivity contribution in [1.29, 1.82) is 0 Å². The van der Waals surface area contributed by atoms with E-state index >= 15 is 0 Å². The molecule has 386 valence electrons. The number of imidazole rings is 1. The van der Waals surface area contributed by atoms with Gasteiger partial charge in [-0.25, -0.2) is 4.98 Å². The second-order valence-electron chi connectivity index (χ2n) is 23.3. The van der Waals surface area contributed by atoms with E-state index in [0.717, 1.165) is 61.7 Å². The van der Waals surface area contributed by atoms with Crippen LogP contribution in [0, 0.1) is 6.33 Å². The van der Waals surface area contributed by atoms with Crippen LogP contribution in [0.5, 0.6) is 11.5 Å². The average Bonchev–Trinajstić information content (AvgIpc) is 3.90. The Kier molecular flexibility index (Phi) is 11.6. The number of fused-ring (bicyclic) bond motifs is 10. The predicted octanol–water partition coefficient (Wildman–Crippen LogP) is 15.3. The zero-order chi connectivity index (χ0) is 54.3. The molecule has 0 fully saturated rings. The first-order chi connectivity index (χ1) is 38.9. The van der Waals surface area contributed by atoms with Gasteiger partial charge in [-0.05, 0) is 125 Å². The molecule has 1 aliphatic heterocycles. The third kappa shape index (κ3) is 7.96. The Bertz CT molecular complexity index is 4430. The minimum absolute atomic E-state index is 0.0812. The Morgan fingerprint density at radius 2 is 0.988 bits per heavy atom. The highest BCUT2D eigenvalue weighted by atomic mass is 28.3. The summed E-state index contributed by atoms with van der Waals surface area (Å²) in [7, 11) is -2.84. The van der Waals surface area contributed by atoms with Gasteiger partial charge < -0.3 is 4.74 Å². The number of nitrogens with zero attached hydrogens (tertiary/aromatic N) is 4. The zero-order valence-electron chi connectivity index (χ0n) is 45.9. The molecular weight excluding hydrogens is 989 g/mol. The van der Waals surface area contributed by atoms with Crippen LogP contribution in [0.3, 0.4) is 0 Å². The smallest absolute Gasteiger partial charge is 0.269 e. The van der Waals surface area contributed by atoms with Crippen LogP contribution in [0.15, 0.2) is 255 Å². The summed E-state index contributed by atoms with van der Waals surface area (Å²) < 4.78 is 13.9. The lowest BCUT2D eigenvalue weighted by Crippen LogP contribution is -2.74. The second-order valence-corrected chi connectivity index (χ2v) is 27.1. The molecule has 14 rings (SSSR count). The van der Waals surface area contributed by atoms with E-state index in [1.807, 2.05) is 6.20 Å². The molecule has 0 saturated carbocycles. The van der Waals surface area contributed by atoms with Gasteiger partial charge in [0.25, 0.3) is 6.33 Å². The molecule has 0 saturated heterocycles. The van der Waals surface area contributed by atoms with Crippen molar-refractivity contribution in [2.75, 3.05) is 0 Å². The number of ether oxygens (including phenoxy) is 1. The molecule has 0 radical (unpaired) electrons. The van der Waals surface area contributed by atoms with Crippen molar-refractivity contribution in [2.24, 2.45) is 0 Å². The topological polar surface area (TPSA) is 35.9 Å². The van der Waals surface area contributed by atoms with Crippen LogP contribution in [-0.2, 0) is 10.8 Å². The molecule has 3 aromatic heterocycles. The van der Waals surface area contributed by atoms with Gasteiger partial charge in [-0.1, -0.05) is 236 Å². The molecule has 6 heteroatoms. The largest absolute Gasteiger partial charge is 0.458 e. The third-order valence-electron chi connectivity index (χ3n) is 16.4. The minimum atomic E-state index is -2.84. The lowest BCUT2D eigenvalue weighted by molar-refractivity contribution is -0.572. The maximum atomic E-state index is 7.05. The first-order valence-electron chi connectivity index (χ1n) is 27.8. The van der Waals surface area contributed by atoms with Crippen LogP contribution in [-0.4, -0.2) is 22.2 Å². The van der Waals surface area contributed by atoms with Crippen LogP contribution in [0.25, 0.3) is 83.4 Å². The molecule has 10 aromatic carbocycles. The molecule has 4 heterocycles. The quantitative estimate of drug-likeness (QED) is 0.0658. The van der Waals surface area contributed by atoms with E-state index in [1.165, 1.54) is 65.1 Å². The summed E-state index contributed by atoms with van der Waals surface area (Å²) in [4.78, 5) is 5.11. The Labute approximate surface area is 469 Å². The molecule has 5 nitrogen and oxygen atoms in total. The van der Waals surface area contributed by atoms with Crippen LogP contribution < -0.4 is 30.1 Å². The third-order valence-corrected chi connectivity index (χ3v) is 21.2. The summed E-state index contributed by atoms with van der Waals surface area (Å²) in [6.45, 7) is 13.7. The molecule has 0 atom stereocenters. The molecule has 0 unspecified atom stereocenters. The summed E-state index contributed by atoms with van der Waals surface area (Å²) in [6, 6.07) is 91.1. The maximum Gasteiger partial charge on any atom is 0.269 e. The molecule has 0 spiro atoms. The van der Waals surface area contributed by atoms with Crippen molar-refractivity contribution >= 4 is 61.7 Å². The normalized spacial score (nSPS) is 12.4. The van der Waals surface area contributed by atoms with Crippen LogP contribution >= 0.6 is 0 Å². The first kappa shape index (κ1) is 49.0. The first-order valence-corrected chi connectivity index (χ1v) is 29.8. The number of para-hydroxylation sites is 2. The van der Waals surface area contributed by atoms with Crippen molar-refractivity contribution < 1.29 is 9.30 Å². The monoisotopic (exact) mass is 1050 g/mol. The number of rotatable bonds is 8. The van der Waals surface area contributed by atoms with Crippen molar-refractivity contribution in [3.05, 3.63) is 272 Å². The van der Waals surface area contributed by atoms with Gasteiger partial charge in [0.15, 0.2) is 8.07 Å². The standard InChI is InChI=1S/C74H60N4OSi/c1-73(2,3)50-43-44-75-70(45-50)78-67-42-40-57(80(54-25-10-7-11-26-54,55-27-12-8-13-28-55)56-29-14-9-15-30-56)48-65(67)62-41-39-53(47-69(62)78)79-52-24-20-23-51(46-52)76-49-77-71-63(35-21-37-66(71)74(4,5)6)60-33-18-16-31-58(60)59-32-17-19-34-61(59)64-36-22-38-68(76)72(64)77/h7-48H,1-6H3. The Balaban J connectivity index is 0.942. The molecule has 1 aliphatic rings. The number of aromatic nitrogens is 4. The number of hydrogen-bond donors (Lipinski definition) is 0. The van der Waals surface area contributed by atoms with Gasteiger partial charge in [0.1, 0.15) is 17.3 Å². The lowest BCUT2D eigenvalue weighted by atomic mass is 9.82. The summed E-state index contributed by atoms with van der Waals surface area (Å²) in [6.07, 6.45) is 5.91. The molecule has 0 amide bonds. The van der Waals surface area contributed by atoms with Crippen LogP contribution in [0.1, 0.15) is 52.7 Å². The van der Waals surface area contributed by atoms with Gasteiger partial charge >= 0.3 is 0 Å². The number of benzene rings is 10. The van der Waals surface area contributed by atoms with E-state index in [9.17, 15) is 0 Å². The second kappa shape index (κ2) is 18.9. The fraction of sp³-hybridized carbons (Fsp3) is 0.108. The molecule has 0 N–H and O–H groups in total. The Morgan fingerprint density at radius 1 is 0.425 bits per heavy atom. The van der Waals surface area contributed by atoms with E-state index in [2.05, 4.69) is 310 Å². The van der Waals surface area contributed by atoms with Crippen molar-refractivity contribution in [1.82, 2.24) is 14.1 Å². The van der Waals surface area contributed by atoms with Crippen LogP contribution in [0.4, 0.5) is 0 Å².